The Morgan fingerprint density at radius 3 is 2.19 bits per heavy atom. The number of rotatable bonds is 6. The Kier molecular flexibility index (Phi) is 11.7. The second-order valence-corrected chi connectivity index (χ2v) is 8.68. The van der Waals surface area contributed by atoms with Crippen LogP contribution in [0.25, 0.3) is 0 Å². The van der Waals surface area contributed by atoms with E-state index in [1.165, 1.54) is 14.2 Å². The summed E-state index contributed by atoms with van der Waals surface area (Å²) in [5.41, 5.74) is 2.03. The van der Waals surface area contributed by atoms with E-state index in [0.717, 1.165) is 11.4 Å². The van der Waals surface area contributed by atoms with Crippen LogP contribution in [0.5, 0.6) is 11.8 Å². The number of ether oxygens (including phenoxy) is 2. The first kappa shape index (κ1) is 30.5. The average Bonchev–Trinajstić information content (AvgIpc) is 3.45. The van der Waals surface area contributed by atoms with Crippen molar-refractivity contribution >= 4 is 23.2 Å². The summed E-state index contributed by atoms with van der Waals surface area (Å²) in [7, 11) is 4.86. The fraction of sp³-hybridized carbons (Fsp3) is 0.259. The molecular formula is C27H29KN5O4-. The van der Waals surface area contributed by atoms with Gasteiger partial charge in [0.2, 0.25) is 17.7 Å². The summed E-state index contributed by atoms with van der Waals surface area (Å²) in [4.78, 5) is 22.9. The fourth-order valence-electron chi connectivity index (χ4n) is 2.94. The fourth-order valence-corrected chi connectivity index (χ4v) is 2.94. The molecule has 0 bridgehead atoms. The molecule has 4 aromatic rings. The minimum Gasteiger partial charge on any atom is -0.481 e. The number of amides is 1. The molecule has 1 amide bonds. The van der Waals surface area contributed by atoms with E-state index in [0.29, 0.717) is 29.0 Å². The second-order valence-electron chi connectivity index (χ2n) is 8.68. The predicted molar refractivity (Wildman–Crippen MR) is 137 cm³/mol. The summed E-state index contributed by atoms with van der Waals surface area (Å²) in [6.07, 6.45) is 2.62. The van der Waals surface area contributed by atoms with Crippen molar-refractivity contribution in [3.63, 3.8) is 0 Å². The molecule has 0 radical (unpaired) electrons. The van der Waals surface area contributed by atoms with E-state index < -0.39 is 0 Å². The molecule has 1 N–H and O–H groups in total. The van der Waals surface area contributed by atoms with E-state index in [1.54, 1.807) is 66.5 Å². The van der Waals surface area contributed by atoms with Gasteiger partial charge < -0.3 is 24.2 Å². The van der Waals surface area contributed by atoms with Gasteiger partial charge in [0, 0.05) is 18.3 Å². The van der Waals surface area contributed by atoms with Gasteiger partial charge in [-0.05, 0) is 29.4 Å². The summed E-state index contributed by atoms with van der Waals surface area (Å²) in [6.45, 7) is 6.21. The van der Waals surface area contributed by atoms with Crippen LogP contribution in [0.15, 0.2) is 65.2 Å². The minimum atomic E-state index is -0.208. The first-order chi connectivity index (χ1) is 17.2. The van der Waals surface area contributed by atoms with E-state index >= 15 is 0 Å². The van der Waals surface area contributed by atoms with Crippen LogP contribution in [0.4, 0.5) is 17.3 Å². The molecule has 0 aliphatic rings. The summed E-state index contributed by atoms with van der Waals surface area (Å²) >= 11 is 0. The molecule has 0 atom stereocenters. The minimum absolute atomic E-state index is 0. The van der Waals surface area contributed by atoms with Crippen LogP contribution >= 0.6 is 0 Å². The molecule has 0 spiro atoms. The second kappa shape index (κ2) is 14.2. The first-order valence-electron chi connectivity index (χ1n) is 11.1. The smallest absolute Gasteiger partial charge is 0.481 e. The van der Waals surface area contributed by atoms with Crippen molar-refractivity contribution in [2.24, 2.45) is 0 Å². The van der Waals surface area contributed by atoms with Gasteiger partial charge in [0.05, 0.1) is 20.3 Å². The SMILES string of the molecule is CC(C)(C)c1c[c-]no1.COc1cc(OC)nc(N(C)c2cccc(C(=O)Nc3cc[c-]cc3)c2)n1.[K+]. The number of nitrogens with one attached hydrogen (secondary N) is 1. The van der Waals surface area contributed by atoms with Gasteiger partial charge in [-0.15, -0.1) is 18.3 Å². The number of methoxy groups -OCH3 is 2. The van der Waals surface area contributed by atoms with Crippen molar-refractivity contribution in [1.82, 2.24) is 15.1 Å². The zero-order valence-electron chi connectivity index (χ0n) is 22.2. The molecular weight excluding hydrogens is 497 g/mol. The number of aromatic nitrogens is 3. The Hall–Kier alpha value is -2.76. The van der Waals surface area contributed by atoms with Gasteiger partial charge in [-0.1, -0.05) is 32.5 Å². The molecule has 2 heterocycles. The molecule has 4 rings (SSSR count). The largest absolute Gasteiger partial charge is 1.00 e. The molecule has 37 heavy (non-hydrogen) atoms. The first-order valence-corrected chi connectivity index (χ1v) is 11.1. The Bertz CT molecular complexity index is 1240. The third kappa shape index (κ3) is 8.94. The Balaban J connectivity index is 0.000000408. The molecule has 9 nitrogen and oxygen atoms in total. The topological polar surface area (TPSA) is 103 Å². The summed E-state index contributed by atoms with van der Waals surface area (Å²) < 4.78 is 15.3. The Morgan fingerprint density at radius 2 is 1.68 bits per heavy atom. The normalized spacial score (nSPS) is 10.3. The molecule has 0 aliphatic carbocycles. The molecule has 2 aromatic carbocycles. The van der Waals surface area contributed by atoms with Crippen LogP contribution < -0.4 is 71.1 Å². The van der Waals surface area contributed by atoms with Crippen LogP contribution in [0.2, 0.25) is 0 Å². The molecule has 10 heteroatoms. The van der Waals surface area contributed by atoms with Crippen LogP contribution in [0.1, 0.15) is 36.9 Å². The van der Waals surface area contributed by atoms with E-state index in [-0.39, 0.29) is 62.7 Å². The quantitative estimate of drug-likeness (QED) is 0.301. The monoisotopic (exact) mass is 526 g/mol. The third-order valence-electron chi connectivity index (χ3n) is 4.99. The van der Waals surface area contributed by atoms with Crippen LogP contribution in [0, 0.1) is 12.3 Å². The van der Waals surface area contributed by atoms with Gasteiger partial charge in [-0.25, -0.2) is 5.16 Å². The molecule has 0 saturated heterocycles. The number of anilines is 3. The summed E-state index contributed by atoms with van der Waals surface area (Å²) in [5, 5.41) is 6.34. The van der Waals surface area contributed by atoms with E-state index in [9.17, 15) is 4.79 Å². The zero-order valence-corrected chi connectivity index (χ0v) is 25.3. The average molecular weight is 527 g/mol. The van der Waals surface area contributed by atoms with Crippen LogP contribution in [-0.2, 0) is 5.41 Å². The Morgan fingerprint density at radius 1 is 1.03 bits per heavy atom. The van der Waals surface area contributed by atoms with E-state index in [4.69, 9.17) is 14.0 Å². The van der Waals surface area contributed by atoms with E-state index in [2.05, 4.69) is 53.5 Å². The third-order valence-corrected chi connectivity index (χ3v) is 4.99. The van der Waals surface area contributed by atoms with Crippen LogP contribution in [-0.4, -0.2) is 42.3 Å². The number of carbonyl (C=O) groups excluding carboxylic acids is 1. The van der Waals surface area contributed by atoms with Gasteiger partial charge in [0.25, 0.3) is 5.91 Å². The zero-order chi connectivity index (χ0) is 26.1. The Labute approximate surface area is 260 Å². The summed E-state index contributed by atoms with van der Waals surface area (Å²) in [6, 6.07) is 20.5. The molecule has 0 aliphatic heterocycles. The van der Waals surface area contributed by atoms with Crippen molar-refractivity contribution in [2.75, 3.05) is 31.5 Å². The maximum Gasteiger partial charge on any atom is 1.00 e. The molecule has 0 unspecified atom stereocenters. The van der Waals surface area contributed by atoms with Crippen molar-refractivity contribution in [3.05, 3.63) is 84.3 Å². The summed E-state index contributed by atoms with van der Waals surface area (Å²) in [5.74, 6) is 1.84. The van der Waals surface area contributed by atoms with Gasteiger partial charge in [0.1, 0.15) is 0 Å². The van der Waals surface area contributed by atoms with E-state index in [1.807, 2.05) is 6.07 Å². The maximum atomic E-state index is 12.5. The number of nitrogens with zero attached hydrogens (tertiary/aromatic N) is 4. The molecule has 0 fully saturated rings. The van der Waals surface area contributed by atoms with Gasteiger partial charge in [-0.2, -0.15) is 34.2 Å². The van der Waals surface area contributed by atoms with Gasteiger partial charge >= 0.3 is 51.4 Å². The van der Waals surface area contributed by atoms with Crippen molar-refractivity contribution in [1.29, 1.82) is 0 Å². The maximum absolute atomic E-state index is 12.5. The molecule has 2 aromatic heterocycles. The standard InChI is InChI=1S/C20H19N4O3.C7H10NO.K/c1-24(20-22-17(26-2)13-18(23-20)27-3)16-11-7-8-14(12-16)19(25)21-15-9-5-4-6-10-15;1-7(2,3)6-4-5-8-9-6;/h5-13H,1-3H3,(H,21,25);4H,1-3H3;/q2*-1;+1. The van der Waals surface area contributed by atoms with Gasteiger partial charge in [0.15, 0.2) is 0 Å². The van der Waals surface area contributed by atoms with Crippen LogP contribution in [0.3, 0.4) is 0 Å². The van der Waals surface area contributed by atoms with Crippen molar-refractivity contribution in [3.8, 4) is 11.8 Å². The number of benzene rings is 2. The van der Waals surface area contributed by atoms with Gasteiger partial charge in [-0.3, -0.25) is 4.79 Å². The molecule has 188 valence electrons. The predicted octanol–water partition coefficient (Wildman–Crippen LogP) is 2.09. The molecule has 0 saturated carbocycles. The van der Waals surface area contributed by atoms with Crippen molar-refractivity contribution < 1.29 is 70.2 Å². The number of hydrogen-bond donors (Lipinski definition) is 1. The number of hydrogen-bond acceptors (Lipinski definition) is 8. The number of carbonyl (C=O) groups is 1. The van der Waals surface area contributed by atoms with Crippen molar-refractivity contribution in [2.45, 2.75) is 26.2 Å².